The molecule has 2 aliphatic heterocycles. The number of carbonyl (C=O) groups excluding carboxylic acids is 4. The van der Waals surface area contributed by atoms with Crippen LogP contribution in [0.2, 0.25) is 0 Å². The number of amides is 5. The van der Waals surface area contributed by atoms with Crippen LogP contribution < -0.4 is 10.6 Å². The Bertz CT molecular complexity index is 780. The molecule has 9 heteroatoms. The van der Waals surface area contributed by atoms with Crippen LogP contribution >= 0.6 is 12.4 Å². The third-order valence-electron chi connectivity index (χ3n) is 4.14. The molecule has 0 atom stereocenters. The van der Waals surface area contributed by atoms with E-state index in [2.05, 4.69) is 17.2 Å². The third kappa shape index (κ3) is 3.76. The first kappa shape index (κ1) is 19.6. The lowest BCUT2D eigenvalue weighted by atomic mass is 10.1. The summed E-state index contributed by atoms with van der Waals surface area (Å²) in [6.07, 6.45) is 1.34. The van der Waals surface area contributed by atoms with E-state index in [-0.39, 0.29) is 25.5 Å². The molecule has 1 aromatic carbocycles. The molecule has 0 unspecified atom stereocenters. The average Bonchev–Trinajstić information content (AvgIpc) is 3.14. The van der Waals surface area contributed by atoms with Crippen molar-refractivity contribution in [2.75, 3.05) is 13.1 Å². The Labute approximate surface area is 156 Å². The summed E-state index contributed by atoms with van der Waals surface area (Å²) in [5, 5.41) is 5.91. The van der Waals surface area contributed by atoms with E-state index < -0.39 is 30.3 Å². The molecule has 1 aromatic rings. The van der Waals surface area contributed by atoms with Gasteiger partial charge < -0.3 is 10.6 Å². The molecule has 3 rings (SSSR count). The second kappa shape index (κ2) is 8.11. The highest BCUT2D eigenvalue weighted by Crippen LogP contribution is 2.17. The largest absolute Gasteiger partial charge is 0.350 e. The third-order valence-corrected chi connectivity index (χ3v) is 4.14. The molecule has 0 spiro atoms. The second-order valence-electron chi connectivity index (χ2n) is 5.86. The number of imide groups is 2. The predicted molar refractivity (Wildman–Crippen MR) is 95.1 cm³/mol. The number of carbonyl (C=O) groups is 4. The zero-order valence-corrected chi connectivity index (χ0v) is 14.8. The Morgan fingerprint density at radius 2 is 1.85 bits per heavy atom. The van der Waals surface area contributed by atoms with E-state index in [0.717, 1.165) is 23.6 Å². The molecule has 5 amide bonds. The van der Waals surface area contributed by atoms with Crippen LogP contribution in [0.1, 0.15) is 16.7 Å². The number of urea groups is 1. The maximum atomic E-state index is 12.0. The highest BCUT2D eigenvalue weighted by molar-refractivity contribution is 6.45. The number of rotatable bonds is 6. The van der Waals surface area contributed by atoms with E-state index >= 15 is 0 Å². The highest BCUT2D eigenvalue weighted by Gasteiger charge is 2.44. The van der Waals surface area contributed by atoms with Gasteiger partial charge in [0.1, 0.15) is 6.54 Å². The SMILES string of the molecule is C=CCN1C(=O)C(=O)N(CC(=O)NCc2ccc3c(c2)CNC3)C1=O.Cl. The summed E-state index contributed by atoms with van der Waals surface area (Å²) in [5.74, 6) is -2.44. The summed E-state index contributed by atoms with van der Waals surface area (Å²) in [4.78, 5) is 49.0. The Hall–Kier alpha value is -2.71. The van der Waals surface area contributed by atoms with Gasteiger partial charge in [0.05, 0.1) is 0 Å². The predicted octanol–water partition coefficient (Wildman–Crippen LogP) is 0.305. The maximum absolute atomic E-state index is 12.0. The number of halogens is 1. The zero-order valence-electron chi connectivity index (χ0n) is 14.0. The van der Waals surface area contributed by atoms with Crippen LogP contribution in [0, 0.1) is 0 Å². The zero-order chi connectivity index (χ0) is 18.0. The van der Waals surface area contributed by atoms with Crippen molar-refractivity contribution in [3.8, 4) is 0 Å². The standard InChI is InChI=1S/C17H18N4O4.ClH/c1-2-5-20-15(23)16(24)21(17(20)25)10-14(22)19-7-11-3-4-12-8-18-9-13(12)6-11;/h2-4,6,18H,1,5,7-10H2,(H,19,22);1H. The molecule has 2 heterocycles. The van der Waals surface area contributed by atoms with Crippen molar-refractivity contribution >= 4 is 36.2 Å². The highest BCUT2D eigenvalue weighted by atomic mass is 35.5. The van der Waals surface area contributed by atoms with Crippen molar-refractivity contribution in [2.45, 2.75) is 19.6 Å². The molecule has 0 radical (unpaired) electrons. The van der Waals surface area contributed by atoms with E-state index in [4.69, 9.17) is 0 Å². The molecule has 0 saturated carbocycles. The fraction of sp³-hybridized carbons (Fsp3) is 0.294. The van der Waals surface area contributed by atoms with E-state index in [0.29, 0.717) is 4.90 Å². The topological polar surface area (TPSA) is 98.8 Å². The molecule has 2 N–H and O–H groups in total. The fourth-order valence-corrected chi connectivity index (χ4v) is 2.84. The van der Waals surface area contributed by atoms with E-state index in [1.165, 1.54) is 17.2 Å². The Kier molecular flexibility index (Phi) is 6.12. The Morgan fingerprint density at radius 3 is 2.58 bits per heavy atom. The van der Waals surface area contributed by atoms with Crippen molar-refractivity contribution in [1.82, 2.24) is 20.4 Å². The molecule has 0 aromatic heterocycles. The van der Waals surface area contributed by atoms with Gasteiger partial charge in [-0.15, -0.1) is 19.0 Å². The quantitative estimate of drug-likeness (QED) is 0.421. The monoisotopic (exact) mass is 378 g/mol. The fourth-order valence-electron chi connectivity index (χ4n) is 2.84. The van der Waals surface area contributed by atoms with Crippen LogP contribution in [-0.2, 0) is 34.0 Å². The van der Waals surface area contributed by atoms with Gasteiger partial charge in [-0.3, -0.25) is 19.3 Å². The van der Waals surface area contributed by atoms with Gasteiger partial charge in [0.25, 0.3) is 0 Å². The Balaban J connectivity index is 0.00000243. The van der Waals surface area contributed by atoms with Gasteiger partial charge in [-0.2, -0.15) is 0 Å². The van der Waals surface area contributed by atoms with Gasteiger partial charge >= 0.3 is 17.8 Å². The van der Waals surface area contributed by atoms with Crippen LogP contribution in [0.4, 0.5) is 4.79 Å². The molecule has 138 valence electrons. The summed E-state index contributed by atoms with van der Waals surface area (Å²) in [5.41, 5.74) is 3.37. The number of nitrogens with zero attached hydrogens (tertiary/aromatic N) is 2. The smallest absolute Gasteiger partial charge is 0.335 e. The first-order valence-electron chi connectivity index (χ1n) is 7.87. The number of hydrogen-bond acceptors (Lipinski definition) is 5. The molecular formula is C17H19ClN4O4. The van der Waals surface area contributed by atoms with Gasteiger partial charge in [0, 0.05) is 26.2 Å². The van der Waals surface area contributed by atoms with Crippen molar-refractivity contribution in [2.24, 2.45) is 0 Å². The van der Waals surface area contributed by atoms with Crippen LogP contribution in [0.15, 0.2) is 30.9 Å². The number of fused-ring (bicyclic) bond motifs is 1. The second-order valence-corrected chi connectivity index (χ2v) is 5.86. The first-order valence-corrected chi connectivity index (χ1v) is 7.87. The molecule has 8 nitrogen and oxygen atoms in total. The summed E-state index contributed by atoms with van der Waals surface area (Å²) in [6, 6.07) is 5.15. The Morgan fingerprint density at radius 1 is 1.15 bits per heavy atom. The average molecular weight is 379 g/mol. The summed E-state index contributed by atoms with van der Waals surface area (Å²) in [6.45, 7) is 4.81. The van der Waals surface area contributed by atoms with Crippen molar-refractivity contribution in [3.63, 3.8) is 0 Å². The lowest BCUT2D eigenvalue weighted by Gasteiger charge is -2.14. The molecule has 26 heavy (non-hydrogen) atoms. The van der Waals surface area contributed by atoms with Crippen molar-refractivity contribution in [1.29, 1.82) is 0 Å². The number of nitrogens with one attached hydrogen (secondary N) is 2. The lowest BCUT2D eigenvalue weighted by molar-refractivity contribution is -0.143. The summed E-state index contributed by atoms with van der Waals surface area (Å²) in [7, 11) is 0. The minimum atomic E-state index is -0.995. The van der Waals surface area contributed by atoms with Crippen LogP contribution in [0.25, 0.3) is 0 Å². The molecule has 1 saturated heterocycles. The number of hydrogen-bond donors (Lipinski definition) is 2. The maximum Gasteiger partial charge on any atom is 0.335 e. The van der Waals surface area contributed by atoms with Gasteiger partial charge in [-0.1, -0.05) is 24.3 Å². The van der Waals surface area contributed by atoms with Gasteiger partial charge in [0.15, 0.2) is 0 Å². The van der Waals surface area contributed by atoms with Crippen molar-refractivity contribution < 1.29 is 19.2 Å². The molecule has 1 fully saturated rings. The van der Waals surface area contributed by atoms with Gasteiger partial charge in [0.2, 0.25) is 5.91 Å². The molecule has 0 aliphatic carbocycles. The van der Waals surface area contributed by atoms with Gasteiger partial charge in [-0.05, 0) is 16.7 Å². The van der Waals surface area contributed by atoms with Crippen LogP contribution in [0.3, 0.4) is 0 Å². The minimum Gasteiger partial charge on any atom is -0.350 e. The van der Waals surface area contributed by atoms with E-state index in [9.17, 15) is 19.2 Å². The summed E-state index contributed by atoms with van der Waals surface area (Å²) >= 11 is 0. The molecule has 0 bridgehead atoms. The van der Waals surface area contributed by atoms with Crippen molar-refractivity contribution in [3.05, 3.63) is 47.5 Å². The normalized spacial score (nSPS) is 15.8. The lowest BCUT2D eigenvalue weighted by Crippen LogP contribution is -2.41. The van der Waals surface area contributed by atoms with E-state index in [1.54, 1.807) is 0 Å². The minimum absolute atomic E-state index is 0. The first-order chi connectivity index (χ1) is 12.0. The van der Waals surface area contributed by atoms with Gasteiger partial charge in [-0.25, -0.2) is 9.69 Å². The summed E-state index contributed by atoms with van der Waals surface area (Å²) < 4.78 is 0. The molecule has 2 aliphatic rings. The van der Waals surface area contributed by atoms with Crippen LogP contribution in [-0.4, -0.2) is 46.6 Å². The molecular weight excluding hydrogens is 360 g/mol. The van der Waals surface area contributed by atoms with E-state index in [1.807, 2.05) is 18.2 Å². The van der Waals surface area contributed by atoms with Crippen LogP contribution in [0.5, 0.6) is 0 Å². The number of benzene rings is 1.